The molecule has 0 atom stereocenters. The van der Waals surface area contributed by atoms with Gasteiger partial charge in [-0.05, 0) is 55.2 Å². The number of nitrogen functional groups attached to an aromatic ring is 1. The summed E-state index contributed by atoms with van der Waals surface area (Å²) in [6.07, 6.45) is 2.92. The van der Waals surface area contributed by atoms with E-state index in [1.165, 1.54) is 0 Å². The van der Waals surface area contributed by atoms with Crippen molar-refractivity contribution in [3.63, 3.8) is 0 Å². The first-order valence-corrected chi connectivity index (χ1v) is 9.26. The summed E-state index contributed by atoms with van der Waals surface area (Å²) < 4.78 is 10.6. The quantitative estimate of drug-likeness (QED) is 0.733. The van der Waals surface area contributed by atoms with Gasteiger partial charge in [-0.1, -0.05) is 6.07 Å². The number of hydrogen-bond acceptors (Lipinski definition) is 5. The number of anilines is 2. The fourth-order valence-corrected chi connectivity index (χ4v) is 3.36. The molecule has 1 aliphatic heterocycles. The molecule has 1 amide bonds. The minimum atomic E-state index is 0.0495. The van der Waals surface area contributed by atoms with Crippen LogP contribution in [0.5, 0.6) is 11.5 Å². The smallest absolute Gasteiger partial charge is 0.256 e. The van der Waals surface area contributed by atoms with E-state index in [4.69, 9.17) is 15.2 Å². The number of nitrogens with zero attached hydrogens (tertiary/aromatic N) is 1. The minimum Gasteiger partial charge on any atom is -0.493 e. The van der Waals surface area contributed by atoms with Gasteiger partial charge in [0.25, 0.3) is 5.91 Å². The van der Waals surface area contributed by atoms with Crippen molar-refractivity contribution in [2.24, 2.45) is 0 Å². The van der Waals surface area contributed by atoms with Crippen LogP contribution >= 0.6 is 0 Å². The standard InChI is InChI=1S/C21H27N3O3/c1-26-19-8-5-15(13-20(19)27-2)9-10-23-18-7-6-16(22)14-17(18)21(25)24-11-3-4-12-24/h5-8,13-14,23H,3-4,9-12,22H2,1-2H3. The second-order valence-electron chi connectivity index (χ2n) is 6.67. The van der Waals surface area contributed by atoms with Crippen molar-refractivity contribution in [2.45, 2.75) is 19.3 Å². The number of carbonyl (C=O) groups is 1. The van der Waals surface area contributed by atoms with E-state index < -0.39 is 0 Å². The Balaban J connectivity index is 1.68. The molecule has 0 bridgehead atoms. The lowest BCUT2D eigenvalue weighted by atomic mass is 10.1. The van der Waals surface area contributed by atoms with Crippen molar-refractivity contribution in [2.75, 3.05) is 44.9 Å². The van der Waals surface area contributed by atoms with Gasteiger partial charge >= 0.3 is 0 Å². The Morgan fingerprint density at radius 1 is 1.07 bits per heavy atom. The van der Waals surface area contributed by atoms with Crippen LogP contribution in [0.4, 0.5) is 11.4 Å². The number of rotatable bonds is 7. The molecule has 0 unspecified atom stereocenters. The zero-order valence-corrected chi connectivity index (χ0v) is 16.0. The molecule has 1 fully saturated rings. The maximum atomic E-state index is 12.8. The number of hydrogen-bond donors (Lipinski definition) is 2. The highest BCUT2D eigenvalue weighted by Crippen LogP contribution is 2.28. The summed E-state index contributed by atoms with van der Waals surface area (Å²) in [6, 6.07) is 11.4. The van der Waals surface area contributed by atoms with Crippen molar-refractivity contribution in [1.82, 2.24) is 4.90 Å². The Labute approximate surface area is 160 Å². The zero-order chi connectivity index (χ0) is 19.2. The van der Waals surface area contributed by atoms with Gasteiger partial charge in [-0.3, -0.25) is 4.79 Å². The summed E-state index contributed by atoms with van der Waals surface area (Å²) >= 11 is 0. The van der Waals surface area contributed by atoms with Crippen molar-refractivity contribution in [1.29, 1.82) is 0 Å². The van der Waals surface area contributed by atoms with E-state index in [9.17, 15) is 4.79 Å². The normalized spacial score (nSPS) is 13.5. The second-order valence-corrected chi connectivity index (χ2v) is 6.67. The number of nitrogens with two attached hydrogens (primary N) is 1. The molecule has 6 nitrogen and oxygen atoms in total. The number of methoxy groups -OCH3 is 2. The van der Waals surface area contributed by atoms with Crippen LogP contribution in [0.2, 0.25) is 0 Å². The summed E-state index contributed by atoms with van der Waals surface area (Å²) in [4.78, 5) is 14.7. The average Bonchev–Trinajstić information content (AvgIpc) is 3.23. The van der Waals surface area contributed by atoms with Crippen LogP contribution in [-0.2, 0) is 6.42 Å². The Bertz CT molecular complexity index is 801. The van der Waals surface area contributed by atoms with Crippen molar-refractivity contribution in [3.8, 4) is 11.5 Å². The first kappa shape index (κ1) is 18.9. The van der Waals surface area contributed by atoms with Gasteiger partial charge in [0.2, 0.25) is 0 Å². The van der Waals surface area contributed by atoms with Gasteiger partial charge in [0.15, 0.2) is 11.5 Å². The molecule has 0 spiro atoms. The predicted molar refractivity (Wildman–Crippen MR) is 108 cm³/mol. The molecule has 6 heteroatoms. The number of carbonyl (C=O) groups excluding carboxylic acids is 1. The molecule has 27 heavy (non-hydrogen) atoms. The number of nitrogens with one attached hydrogen (secondary N) is 1. The van der Waals surface area contributed by atoms with Crippen LogP contribution in [0.15, 0.2) is 36.4 Å². The topological polar surface area (TPSA) is 76.8 Å². The predicted octanol–water partition coefficient (Wildman–Crippen LogP) is 3.18. The van der Waals surface area contributed by atoms with Gasteiger partial charge in [-0.25, -0.2) is 0 Å². The van der Waals surface area contributed by atoms with Crippen LogP contribution in [0.3, 0.4) is 0 Å². The molecule has 1 aliphatic rings. The molecule has 1 saturated heterocycles. The summed E-state index contributed by atoms with van der Waals surface area (Å²) in [5.41, 5.74) is 9.11. The third kappa shape index (κ3) is 4.45. The molecule has 3 rings (SSSR count). The number of likely N-dealkylation sites (tertiary alicyclic amines) is 1. The van der Waals surface area contributed by atoms with E-state index in [1.54, 1.807) is 20.3 Å². The highest BCUT2D eigenvalue weighted by atomic mass is 16.5. The number of ether oxygens (including phenoxy) is 2. The molecule has 1 heterocycles. The van der Waals surface area contributed by atoms with Crippen LogP contribution < -0.4 is 20.5 Å². The third-order valence-electron chi connectivity index (χ3n) is 4.84. The number of amides is 1. The van der Waals surface area contributed by atoms with Gasteiger partial charge in [-0.2, -0.15) is 0 Å². The summed E-state index contributed by atoms with van der Waals surface area (Å²) in [5.74, 6) is 1.48. The molecule has 144 valence electrons. The molecule has 3 N–H and O–H groups in total. The Morgan fingerprint density at radius 3 is 2.52 bits per heavy atom. The van der Waals surface area contributed by atoms with Crippen LogP contribution in [0, 0.1) is 0 Å². The summed E-state index contributed by atoms with van der Waals surface area (Å²) in [6.45, 7) is 2.33. The zero-order valence-electron chi connectivity index (χ0n) is 16.0. The van der Waals surface area contributed by atoms with Crippen LogP contribution in [0.1, 0.15) is 28.8 Å². The van der Waals surface area contributed by atoms with Gasteiger partial charge in [0.1, 0.15) is 0 Å². The lowest BCUT2D eigenvalue weighted by molar-refractivity contribution is 0.0794. The Kier molecular flexibility index (Phi) is 6.06. The number of benzene rings is 2. The molecule has 0 saturated carbocycles. The first-order chi connectivity index (χ1) is 13.1. The van der Waals surface area contributed by atoms with E-state index in [1.807, 2.05) is 35.2 Å². The van der Waals surface area contributed by atoms with Crippen LogP contribution in [-0.4, -0.2) is 44.7 Å². The van der Waals surface area contributed by atoms with E-state index >= 15 is 0 Å². The second kappa shape index (κ2) is 8.66. The van der Waals surface area contributed by atoms with Crippen molar-refractivity contribution in [3.05, 3.63) is 47.5 Å². The molecule has 0 aromatic heterocycles. The van der Waals surface area contributed by atoms with Crippen molar-refractivity contribution >= 4 is 17.3 Å². The molecule has 0 aliphatic carbocycles. The van der Waals surface area contributed by atoms with E-state index in [-0.39, 0.29) is 5.91 Å². The molecular weight excluding hydrogens is 342 g/mol. The molecular formula is C21H27N3O3. The summed E-state index contributed by atoms with van der Waals surface area (Å²) in [5, 5.41) is 3.38. The highest BCUT2D eigenvalue weighted by Gasteiger charge is 2.22. The largest absolute Gasteiger partial charge is 0.493 e. The third-order valence-corrected chi connectivity index (χ3v) is 4.84. The van der Waals surface area contributed by atoms with Gasteiger partial charge in [0, 0.05) is 31.0 Å². The lowest BCUT2D eigenvalue weighted by Crippen LogP contribution is -2.28. The molecule has 2 aromatic carbocycles. The average molecular weight is 369 g/mol. The summed E-state index contributed by atoms with van der Waals surface area (Å²) in [7, 11) is 3.25. The highest BCUT2D eigenvalue weighted by molar-refractivity contribution is 6.00. The maximum absolute atomic E-state index is 12.8. The van der Waals surface area contributed by atoms with Gasteiger partial charge in [0.05, 0.1) is 19.8 Å². The van der Waals surface area contributed by atoms with E-state index in [0.717, 1.165) is 43.6 Å². The van der Waals surface area contributed by atoms with Crippen LogP contribution in [0.25, 0.3) is 0 Å². The van der Waals surface area contributed by atoms with E-state index in [2.05, 4.69) is 5.32 Å². The fraction of sp³-hybridized carbons (Fsp3) is 0.381. The maximum Gasteiger partial charge on any atom is 0.256 e. The lowest BCUT2D eigenvalue weighted by Gasteiger charge is -2.19. The Morgan fingerprint density at radius 2 is 1.81 bits per heavy atom. The van der Waals surface area contributed by atoms with Crippen molar-refractivity contribution < 1.29 is 14.3 Å². The minimum absolute atomic E-state index is 0.0495. The van der Waals surface area contributed by atoms with Gasteiger partial charge < -0.3 is 25.4 Å². The monoisotopic (exact) mass is 369 g/mol. The van der Waals surface area contributed by atoms with Gasteiger partial charge in [-0.15, -0.1) is 0 Å². The SMILES string of the molecule is COc1ccc(CCNc2ccc(N)cc2C(=O)N2CCCC2)cc1OC. The Hall–Kier alpha value is -2.89. The van der Waals surface area contributed by atoms with E-state index in [0.29, 0.717) is 29.3 Å². The fourth-order valence-electron chi connectivity index (χ4n) is 3.36. The molecule has 2 aromatic rings. The molecule has 0 radical (unpaired) electrons. The first-order valence-electron chi connectivity index (χ1n) is 9.26.